The number of hydrogen-bond acceptors (Lipinski definition) is 3. The first-order chi connectivity index (χ1) is 8.09. The number of halogens is 2. The fourth-order valence-corrected chi connectivity index (χ4v) is 1.77. The molecule has 0 aliphatic rings. The van der Waals surface area contributed by atoms with Gasteiger partial charge in [0.2, 0.25) is 0 Å². The van der Waals surface area contributed by atoms with Crippen molar-refractivity contribution in [3.63, 3.8) is 0 Å². The first kappa shape index (κ1) is 12.0. The minimum absolute atomic E-state index is 0.239. The van der Waals surface area contributed by atoms with E-state index < -0.39 is 11.9 Å². The van der Waals surface area contributed by atoms with Crippen molar-refractivity contribution in [1.82, 2.24) is 4.98 Å². The normalized spacial score (nSPS) is 12.4. The van der Waals surface area contributed by atoms with E-state index in [0.29, 0.717) is 15.6 Å². The van der Waals surface area contributed by atoms with Crippen LogP contribution in [0.4, 0.5) is 10.2 Å². The average molecular weight is 297 g/mol. The van der Waals surface area contributed by atoms with Gasteiger partial charge in [-0.1, -0.05) is 12.1 Å². The first-order valence-electron chi connectivity index (χ1n) is 4.93. The highest BCUT2D eigenvalue weighted by Crippen LogP contribution is 2.27. The molecule has 0 radical (unpaired) electrons. The number of anilines is 1. The summed E-state index contributed by atoms with van der Waals surface area (Å²) < 4.78 is 13.7. The number of benzene rings is 1. The summed E-state index contributed by atoms with van der Waals surface area (Å²) in [6, 6.07) is 7.77. The van der Waals surface area contributed by atoms with Crippen molar-refractivity contribution in [2.75, 3.05) is 5.73 Å². The topological polar surface area (TPSA) is 59.1 Å². The molecule has 0 bridgehead atoms. The number of aromatic nitrogens is 1. The van der Waals surface area contributed by atoms with Crippen molar-refractivity contribution in [3.8, 4) is 0 Å². The molecule has 1 unspecified atom stereocenters. The molecule has 2 aromatic rings. The molecule has 3 N–H and O–H groups in total. The SMILES string of the molecule is Nc1ncccc1C(O)c1ccc(Br)c(F)c1. The van der Waals surface area contributed by atoms with E-state index in [1.165, 1.54) is 12.3 Å². The van der Waals surface area contributed by atoms with Crippen LogP contribution in [0.1, 0.15) is 17.2 Å². The Bertz CT molecular complexity index is 548. The largest absolute Gasteiger partial charge is 0.384 e. The highest BCUT2D eigenvalue weighted by atomic mass is 79.9. The van der Waals surface area contributed by atoms with Gasteiger partial charge in [-0.3, -0.25) is 0 Å². The van der Waals surface area contributed by atoms with Crippen LogP contribution in [0.2, 0.25) is 0 Å². The summed E-state index contributed by atoms with van der Waals surface area (Å²) in [7, 11) is 0. The van der Waals surface area contributed by atoms with Crippen molar-refractivity contribution < 1.29 is 9.50 Å². The van der Waals surface area contributed by atoms with Gasteiger partial charge >= 0.3 is 0 Å². The lowest BCUT2D eigenvalue weighted by Crippen LogP contribution is -2.05. The number of aliphatic hydroxyl groups excluding tert-OH is 1. The molecule has 0 fully saturated rings. The smallest absolute Gasteiger partial charge is 0.137 e. The second kappa shape index (κ2) is 4.81. The highest BCUT2D eigenvalue weighted by Gasteiger charge is 2.15. The Hall–Kier alpha value is -1.46. The van der Waals surface area contributed by atoms with E-state index in [2.05, 4.69) is 20.9 Å². The Morgan fingerprint density at radius 2 is 2.12 bits per heavy atom. The summed E-state index contributed by atoms with van der Waals surface area (Å²) >= 11 is 3.06. The van der Waals surface area contributed by atoms with E-state index >= 15 is 0 Å². The summed E-state index contributed by atoms with van der Waals surface area (Å²) in [5.74, 6) is -0.188. The quantitative estimate of drug-likeness (QED) is 0.896. The summed E-state index contributed by atoms with van der Waals surface area (Å²) in [5, 5.41) is 10.1. The fraction of sp³-hybridized carbons (Fsp3) is 0.0833. The minimum atomic E-state index is -0.980. The molecule has 17 heavy (non-hydrogen) atoms. The maximum Gasteiger partial charge on any atom is 0.137 e. The van der Waals surface area contributed by atoms with E-state index in [1.54, 1.807) is 24.3 Å². The molecule has 0 spiro atoms. The van der Waals surface area contributed by atoms with Crippen LogP contribution >= 0.6 is 15.9 Å². The van der Waals surface area contributed by atoms with Crippen LogP contribution in [0.5, 0.6) is 0 Å². The molecule has 88 valence electrons. The minimum Gasteiger partial charge on any atom is -0.384 e. The molecule has 1 heterocycles. The van der Waals surface area contributed by atoms with Crippen LogP contribution in [0.3, 0.4) is 0 Å². The van der Waals surface area contributed by atoms with Gasteiger partial charge in [-0.2, -0.15) is 0 Å². The number of nitrogens with zero attached hydrogens (tertiary/aromatic N) is 1. The summed E-state index contributed by atoms with van der Waals surface area (Å²) in [5.41, 5.74) is 6.56. The number of rotatable bonds is 2. The van der Waals surface area contributed by atoms with Gasteiger partial charge in [0, 0.05) is 11.8 Å². The van der Waals surface area contributed by atoms with Crippen LogP contribution in [0.25, 0.3) is 0 Å². The van der Waals surface area contributed by atoms with E-state index in [1.807, 2.05) is 0 Å². The second-order valence-electron chi connectivity index (χ2n) is 3.55. The highest BCUT2D eigenvalue weighted by molar-refractivity contribution is 9.10. The molecule has 3 nitrogen and oxygen atoms in total. The molecule has 1 aromatic carbocycles. The molecular weight excluding hydrogens is 287 g/mol. The third-order valence-electron chi connectivity index (χ3n) is 2.43. The molecule has 0 saturated carbocycles. The Kier molecular flexibility index (Phi) is 3.40. The van der Waals surface area contributed by atoms with Gasteiger partial charge in [-0.25, -0.2) is 9.37 Å². The molecular formula is C12H10BrFN2O. The summed E-state index contributed by atoms with van der Waals surface area (Å²) in [4.78, 5) is 3.88. The van der Waals surface area contributed by atoms with Gasteiger partial charge in [0.15, 0.2) is 0 Å². The van der Waals surface area contributed by atoms with Gasteiger partial charge in [-0.15, -0.1) is 0 Å². The third-order valence-corrected chi connectivity index (χ3v) is 3.07. The van der Waals surface area contributed by atoms with Crippen molar-refractivity contribution in [1.29, 1.82) is 0 Å². The number of aliphatic hydroxyl groups is 1. The summed E-state index contributed by atoms with van der Waals surface area (Å²) in [6.45, 7) is 0. The second-order valence-corrected chi connectivity index (χ2v) is 4.41. The zero-order valence-corrected chi connectivity index (χ0v) is 10.4. The van der Waals surface area contributed by atoms with Crippen LogP contribution in [-0.2, 0) is 0 Å². The maximum absolute atomic E-state index is 13.4. The number of nitrogens with two attached hydrogens (primary N) is 1. The lowest BCUT2D eigenvalue weighted by Gasteiger charge is -2.13. The zero-order chi connectivity index (χ0) is 12.4. The number of pyridine rings is 1. The molecule has 0 aliphatic carbocycles. The predicted molar refractivity (Wildman–Crippen MR) is 66.8 cm³/mol. The van der Waals surface area contributed by atoms with Gasteiger partial charge < -0.3 is 10.8 Å². The molecule has 0 aliphatic heterocycles. The third kappa shape index (κ3) is 2.45. The van der Waals surface area contributed by atoms with Crippen LogP contribution < -0.4 is 5.73 Å². The lowest BCUT2D eigenvalue weighted by molar-refractivity contribution is 0.220. The van der Waals surface area contributed by atoms with Crippen LogP contribution in [0, 0.1) is 5.82 Å². The van der Waals surface area contributed by atoms with Crippen molar-refractivity contribution in [2.24, 2.45) is 0 Å². The molecule has 0 saturated heterocycles. The Morgan fingerprint density at radius 1 is 1.35 bits per heavy atom. The van der Waals surface area contributed by atoms with E-state index in [0.717, 1.165) is 0 Å². The fourth-order valence-electron chi connectivity index (χ4n) is 1.52. The Labute approximate surface area is 106 Å². The van der Waals surface area contributed by atoms with Gasteiger partial charge in [0.25, 0.3) is 0 Å². The van der Waals surface area contributed by atoms with Gasteiger partial charge in [0.1, 0.15) is 17.7 Å². The summed E-state index contributed by atoms with van der Waals surface area (Å²) in [6.07, 6.45) is 0.555. The van der Waals surface area contributed by atoms with Gasteiger partial charge in [0.05, 0.1) is 4.47 Å². The maximum atomic E-state index is 13.4. The van der Waals surface area contributed by atoms with Crippen LogP contribution in [-0.4, -0.2) is 10.1 Å². The molecule has 5 heteroatoms. The first-order valence-corrected chi connectivity index (χ1v) is 5.72. The van der Waals surface area contributed by atoms with Crippen molar-refractivity contribution >= 4 is 21.7 Å². The van der Waals surface area contributed by atoms with Gasteiger partial charge in [-0.05, 0) is 39.7 Å². The van der Waals surface area contributed by atoms with E-state index in [4.69, 9.17) is 5.73 Å². The Balaban J connectivity index is 2.40. The predicted octanol–water partition coefficient (Wildman–Crippen LogP) is 2.65. The molecule has 0 amide bonds. The van der Waals surface area contributed by atoms with E-state index in [-0.39, 0.29) is 5.82 Å². The Morgan fingerprint density at radius 3 is 2.76 bits per heavy atom. The van der Waals surface area contributed by atoms with Crippen molar-refractivity contribution in [3.05, 3.63) is 57.9 Å². The standard InChI is InChI=1S/C12H10BrFN2O/c13-9-4-3-7(6-10(9)14)11(17)8-2-1-5-16-12(8)15/h1-6,11,17H,(H2,15,16). The monoisotopic (exact) mass is 296 g/mol. The number of nitrogen functional groups attached to an aromatic ring is 1. The average Bonchev–Trinajstić information content (AvgIpc) is 2.32. The number of hydrogen-bond donors (Lipinski definition) is 2. The zero-order valence-electron chi connectivity index (χ0n) is 8.77. The van der Waals surface area contributed by atoms with E-state index in [9.17, 15) is 9.50 Å². The van der Waals surface area contributed by atoms with Crippen LogP contribution in [0.15, 0.2) is 41.0 Å². The molecule has 2 rings (SSSR count). The lowest BCUT2D eigenvalue weighted by atomic mass is 10.0. The molecule has 1 aromatic heterocycles. The molecule has 1 atom stereocenters. The van der Waals surface area contributed by atoms with Crippen molar-refractivity contribution in [2.45, 2.75) is 6.10 Å².